The first-order valence-corrected chi connectivity index (χ1v) is 9.16. The van der Waals surface area contributed by atoms with Gasteiger partial charge >= 0.3 is 12.0 Å². The second kappa shape index (κ2) is 7.05. The number of hydrogen-bond acceptors (Lipinski definition) is 4. The molecule has 3 rings (SSSR count). The number of carboxylic acids is 1. The van der Waals surface area contributed by atoms with Crippen molar-refractivity contribution in [3.63, 3.8) is 0 Å². The highest BCUT2D eigenvalue weighted by molar-refractivity contribution is 5.90. The van der Waals surface area contributed by atoms with E-state index in [2.05, 4.69) is 5.32 Å². The zero-order valence-corrected chi connectivity index (χ0v) is 15.4. The van der Waals surface area contributed by atoms with Gasteiger partial charge in [-0.1, -0.05) is 20.8 Å². The van der Waals surface area contributed by atoms with Gasteiger partial charge in [-0.05, 0) is 24.5 Å². The standard InChI is InChI=1S/C19H26N2O5/c1-4-19(5-2)25-15-7-6-14(9-16(15)26-19)20-18(24)21-10-12(3)8-13(11-21)17(22)23/h6-7,9,12-13H,4-5,8,10-11H2,1-3H3,(H,20,24)(H,22,23). The molecule has 2 atom stereocenters. The molecule has 1 aromatic rings. The fourth-order valence-corrected chi connectivity index (χ4v) is 3.61. The number of anilines is 1. The third kappa shape index (κ3) is 3.57. The van der Waals surface area contributed by atoms with Crippen LogP contribution in [0.4, 0.5) is 10.5 Å². The molecule has 2 unspecified atom stereocenters. The van der Waals surface area contributed by atoms with Crippen molar-refractivity contribution in [2.75, 3.05) is 18.4 Å². The highest BCUT2D eigenvalue weighted by Crippen LogP contribution is 2.43. The van der Waals surface area contributed by atoms with Crippen LogP contribution in [0.2, 0.25) is 0 Å². The highest BCUT2D eigenvalue weighted by Gasteiger charge is 2.38. The van der Waals surface area contributed by atoms with Gasteiger partial charge in [0.05, 0.1) is 5.92 Å². The van der Waals surface area contributed by atoms with Crippen LogP contribution in [0.1, 0.15) is 40.0 Å². The first-order valence-electron chi connectivity index (χ1n) is 9.16. The molecule has 0 spiro atoms. The number of hydrogen-bond donors (Lipinski definition) is 2. The molecule has 26 heavy (non-hydrogen) atoms. The van der Waals surface area contributed by atoms with Crippen LogP contribution in [0.25, 0.3) is 0 Å². The van der Waals surface area contributed by atoms with Gasteiger partial charge in [-0.2, -0.15) is 0 Å². The molecule has 2 heterocycles. The first-order chi connectivity index (χ1) is 12.4. The predicted octanol–water partition coefficient (Wildman–Crippen LogP) is 3.55. The van der Waals surface area contributed by atoms with Crippen LogP contribution in [0.15, 0.2) is 18.2 Å². The van der Waals surface area contributed by atoms with E-state index in [4.69, 9.17) is 9.47 Å². The maximum atomic E-state index is 12.6. The number of likely N-dealkylation sites (tertiary alicyclic amines) is 1. The van der Waals surface area contributed by atoms with Gasteiger partial charge in [0.1, 0.15) is 0 Å². The summed E-state index contributed by atoms with van der Waals surface area (Å²) in [5.41, 5.74) is 0.602. The van der Waals surface area contributed by atoms with Crippen LogP contribution < -0.4 is 14.8 Å². The zero-order valence-electron chi connectivity index (χ0n) is 15.4. The number of carbonyl (C=O) groups is 2. The molecule has 7 heteroatoms. The van der Waals surface area contributed by atoms with Gasteiger partial charge in [0.25, 0.3) is 5.79 Å². The summed E-state index contributed by atoms with van der Waals surface area (Å²) in [6, 6.07) is 5.02. The normalized spacial score (nSPS) is 23.6. The number of carbonyl (C=O) groups excluding carboxylic acids is 1. The Morgan fingerprint density at radius 3 is 2.58 bits per heavy atom. The van der Waals surface area contributed by atoms with Crippen molar-refractivity contribution in [3.05, 3.63) is 18.2 Å². The Labute approximate surface area is 153 Å². The Morgan fingerprint density at radius 1 is 1.23 bits per heavy atom. The van der Waals surface area contributed by atoms with Crippen molar-refractivity contribution in [2.45, 2.75) is 45.8 Å². The molecule has 0 aromatic heterocycles. The Morgan fingerprint density at radius 2 is 1.92 bits per heavy atom. The minimum atomic E-state index is -0.854. The number of ether oxygens (including phenoxy) is 2. The Hall–Kier alpha value is -2.44. The number of amides is 2. The molecule has 0 radical (unpaired) electrons. The van der Waals surface area contributed by atoms with Crippen molar-refractivity contribution in [1.82, 2.24) is 4.90 Å². The average Bonchev–Trinajstić information content (AvgIpc) is 2.99. The van der Waals surface area contributed by atoms with Crippen molar-refractivity contribution in [2.24, 2.45) is 11.8 Å². The molecule has 0 saturated carbocycles. The molecular weight excluding hydrogens is 336 g/mol. The van der Waals surface area contributed by atoms with Gasteiger partial charge in [0.15, 0.2) is 11.5 Å². The van der Waals surface area contributed by atoms with E-state index < -0.39 is 17.7 Å². The smallest absolute Gasteiger partial charge is 0.321 e. The van der Waals surface area contributed by atoms with Gasteiger partial charge < -0.3 is 24.8 Å². The minimum absolute atomic E-state index is 0.155. The van der Waals surface area contributed by atoms with Crippen LogP contribution in [0.5, 0.6) is 11.5 Å². The Balaban J connectivity index is 1.69. The molecule has 1 saturated heterocycles. The summed E-state index contributed by atoms with van der Waals surface area (Å²) in [5, 5.41) is 12.1. The third-order valence-electron chi connectivity index (χ3n) is 5.16. The SMILES string of the molecule is CCC1(CC)Oc2ccc(NC(=O)N3CC(C)CC(C(=O)O)C3)cc2O1. The lowest BCUT2D eigenvalue weighted by molar-refractivity contribution is -0.143. The molecule has 7 nitrogen and oxygen atoms in total. The second-order valence-corrected chi connectivity index (χ2v) is 7.19. The van der Waals surface area contributed by atoms with Crippen LogP contribution in [-0.4, -0.2) is 40.9 Å². The van der Waals surface area contributed by atoms with Gasteiger partial charge in [-0.25, -0.2) is 4.79 Å². The van der Waals surface area contributed by atoms with Gasteiger partial charge in [0, 0.05) is 37.7 Å². The lowest BCUT2D eigenvalue weighted by Crippen LogP contribution is -2.47. The van der Waals surface area contributed by atoms with Gasteiger partial charge in [-0.3, -0.25) is 4.79 Å². The largest absolute Gasteiger partial charge is 0.481 e. The maximum Gasteiger partial charge on any atom is 0.321 e. The summed E-state index contributed by atoms with van der Waals surface area (Å²) in [6.07, 6.45) is 2.05. The molecule has 2 aliphatic heterocycles. The predicted molar refractivity (Wildman–Crippen MR) is 96.5 cm³/mol. The van der Waals surface area contributed by atoms with Crippen molar-refractivity contribution in [3.8, 4) is 11.5 Å². The van der Waals surface area contributed by atoms with Crippen LogP contribution in [-0.2, 0) is 4.79 Å². The van der Waals surface area contributed by atoms with E-state index in [1.807, 2.05) is 20.8 Å². The van der Waals surface area contributed by atoms with E-state index in [-0.39, 0.29) is 18.5 Å². The fourth-order valence-electron chi connectivity index (χ4n) is 3.61. The zero-order chi connectivity index (χ0) is 18.9. The molecule has 2 N–H and O–H groups in total. The minimum Gasteiger partial charge on any atom is -0.481 e. The number of piperidine rings is 1. The van der Waals surface area contributed by atoms with Crippen molar-refractivity contribution < 1.29 is 24.2 Å². The van der Waals surface area contributed by atoms with E-state index >= 15 is 0 Å². The molecule has 1 aromatic carbocycles. The van der Waals surface area contributed by atoms with Gasteiger partial charge in [0.2, 0.25) is 0 Å². The molecule has 1 fully saturated rings. The fraction of sp³-hybridized carbons (Fsp3) is 0.579. The number of nitrogens with one attached hydrogen (secondary N) is 1. The third-order valence-corrected chi connectivity index (χ3v) is 5.16. The van der Waals surface area contributed by atoms with Crippen LogP contribution in [0.3, 0.4) is 0 Å². The number of benzene rings is 1. The Bertz CT molecular complexity index is 701. The molecule has 0 bridgehead atoms. The average molecular weight is 362 g/mol. The van der Waals surface area contributed by atoms with Crippen molar-refractivity contribution >= 4 is 17.7 Å². The summed E-state index contributed by atoms with van der Waals surface area (Å²) in [7, 11) is 0. The number of nitrogens with zero attached hydrogens (tertiary/aromatic N) is 1. The lowest BCUT2D eigenvalue weighted by atomic mass is 9.91. The van der Waals surface area contributed by atoms with E-state index in [1.54, 1.807) is 23.1 Å². The summed E-state index contributed by atoms with van der Waals surface area (Å²) in [5.74, 6) is -0.570. The van der Waals surface area contributed by atoms with Crippen molar-refractivity contribution in [1.29, 1.82) is 0 Å². The lowest BCUT2D eigenvalue weighted by Gasteiger charge is -2.34. The maximum absolute atomic E-state index is 12.6. The van der Waals surface area contributed by atoms with E-state index in [9.17, 15) is 14.7 Å². The van der Waals surface area contributed by atoms with E-state index in [0.29, 0.717) is 30.2 Å². The molecule has 2 amide bonds. The molecule has 0 aliphatic carbocycles. The number of urea groups is 1. The number of fused-ring (bicyclic) bond motifs is 1. The molecular formula is C19H26N2O5. The molecule has 142 valence electrons. The van der Waals surface area contributed by atoms with E-state index in [0.717, 1.165) is 12.8 Å². The summed E-state index contributed by atoms with van der Waals surface area (Å²) < 4.78 is 11.9. The summed E-state index contributed by atoms with van der Waals surface area (Å²) >= 11 is 0. The quantitative estimate of drug-likeness (QED) is 0.855. The Kier molecular flexibility index (Phi) is 4.98. The summed E-state index contributed by atoms with van der Waals surface area (Å²) in [4.78, 5) is 25.4. The number of rotatable bonds is 4. The number of carboxylic acid groups (broad SMARTS) is 1. The second-order valence-electron chi connectivity index (χ2n) is 7.19. The molecule has 2 aliphatic rings. The monoisotopic (exact) mass is 362 g/mol. The summed E-state index contributed by atoms with van der Waals surface area (Å²) in [6.45, 7) is 6.76. The highest BCUT2D eigenvalue weighted by atomic mass is 16.7. The topological polar surface area (TPSA) is 88.1 Å². The van der Waals surface area contributed by atoms with Crippen LogP contribution in [0, 0.1) is 11.8 Å². The number of aliphatic carboxylic acids is 1. The first kappa shape index (κ1) is 18.4. The van der Waals surface area contributed by atoms with Gasteiger partial charge in [-0.15, -0.1) is 0 Å². The van der Waals surface area contributed by atoms with E-state index in [1.165, 1.54) is 0 Å². The van der Waals surface area contributed by atoms with Crippen LogP contribution >= 0.6 is 0 Å².